The molecule has 0 aromatic heterocycles. The molecule has 1 aromatic rings. The summed E-state index contributed by atoms with van der Waals surface area (Å²) in [5.41, 5.74) is 0. The predicted octanol–water partition coefficient (Wildman–Crippen LogP) is 5.55. The molecular weight excluding hydrogens is 255 g/mol. The number of benzene rings is 1. The lowest BCUT2D eigenvalue weighted by Crippen LogP contribution is -1.97. The molecule has 0 bridgehead atoms. The first kappa shape index (κ1) is 14.7. The van der Waals surface area contributed by atoms with Gasteiger partial charge in [0.15, 0.2) is 0 Å². The van der Waals surface area contributed by atoms with Crippen molar-refractivity contribution in [1.29, 1.82) is 0 Å². The van der Waals surface area contributed by atoms with Crippen LogP contribution < -0.4 is 4.74 Å². The third kappa shape index (κ3) is 6.18. The smallest absolute Gasteiger partial charge is 0.137 e. The Hall–Kier alpha value is -0.400. The summed E-state index contributed by atoms with van der Waals surface area (Å²) in [7, 11) is 0. The van der Waals surface area contributed by atoms with Gasteiger partial charge in [-0.1, -0.05) is 62.2 Å². The summed E-state index contributed by atoms with van der Waals surface area (Å²) in [4.78, 5) is 0. The summed E-state index contributed by atoms with van der Waals surface area (Å²) in [5, 5.41) is 1.21. The fraction of sp³-hybridized carbons (Fsp3) is 0.500. The van der Waals surface area contributed by atoms with Crippen molar-refractivity contribution in [3.63, 3.8) is 0 Å². The summed E-state index contributed by atoms with van der Waals surface area (Å²) in [6.07, 6.45) is 7.06. The third-order valence-electron chi connectivity index (χ3n) is 2.55. The van der Waals surface area contributed by atoms with E-state index in [2.05, 4.69) is 6.92 Å². The number of ether oxygens (including phenoxy) is 1. The van der Waals surface area contributed by atoms with Gasteiger partial charge in [-0.2, -0.15) is 0 Å². The Labute approximate surface area is 114 Å². The SMILES string of the molecule is [CH2]CCCCCCCOc1ccc(Cl)cc1Cl. The van der Waals surface area contributed by atoms with Crippen molar-refractivity contribution in [2.75, 3.05) is 6.61 Å². The number of rotatable bonds is 8. The van der Waals surface area contributed by atoms with Crippen LogP contribution in [0.2, 0.25) is 10.0 Å². The topological polar surface area (TPSA) is 9.23 Å². The maximum Gasteiger partial charge on any atom is 0.137 e. The Kier molecular flexibility index (Phi) is 7.46. The van der Waals surface area contributed by atoms with Gasteiger partial charge < -0.3 is 4.74 Å². The van der Waals surface area contributed by atoms with Gasteiger partial charge in [-0.3, -0.25) is 0 Å². The van der Waals surface area contributed by atoms with Crippen LogP contribution in [-0.2, 0) is 0 Å². The average Bonchev–Trinajstić information content (AvgIpc) is 2.30. The highest BCUT2D eigenvalue weighted by atomic mass is 35.5. The molecule has 0 unspecified atom stereocenters. The molecule has 0 saturated heterocycles. The second-order valence-electron chi connectivity index (χ2n) is 4.04. The summed E-state index contributed by atoms with van der Waals surface area (Å²) in [6, 6.07) is 5.30. The van der Waals surface area contributed by atoms with Gasteiger partial charge in [0, 0.05) is 5.02 Å². The van der Waals surface area contributed by atoms with E-state index in [0.29, 0.717) is 22.4 Å². The fourth-order valence-electron chi connectivity index (χ4n) is 1.58. The van der Waals surface area contributed by atoms with E-state index < -0.39 is 0 Å². The van der Waals surface area contributed by atoms with Crippen LogP contribution in [0.4, 0.5) is 0 Å². The molecule has 0 heterocycles. The van der Waals surface area contributed by atoms with Crippen LogP contribution in [-0.4, -0.2) is 6.61 Å². The molecule has 0 aliphatic heterocycles. The number of hydrogen-bond acceptors (Lipinski definition) is 1. The standard InChI is InChI=1S/C14H19Cl2O/c1-2-3-4-5-6-7-10-17-14-9-8-12(15)11-13(14)16/h8-9,11H,1-7,10H2. The van der Waals surface area contributed by atoms with Gasteiger partial charge in [0.05, 0.1) is 11.6 Å². The van der Waals surface area contributed by atoms with E-state index in [0.717, 1.165) is 12.8 Å². The molecule has 0 aliphatic carbocycles. The van der Waals surface area contributed by atoms with Crippen LogP contribution in [0, 0.1) is 6.92 Å². The minimum atomic E-state index is 0.578. The van der Waals surface area contributed by atoms with Crippen LogP contribution in [0.5, 0.6) is 5.75 Å². The zero-order valence-corrected chi connectivity index (χ0v) is 11.6. The van der Waals surface area contributed by atoms with Gasteiger partial charge in [-0.05, 0) is 24.6 Å². The maximum absolute atomic E-state index is 5.99. The van der Waals surface area contributed by atoms with Crippen LogP contribution >= 0.6 is 23.2 Å². The second-order valence-corrected chi connectivity index (χ2v) is 4.89. The summed E-state index contributed by atoms with van der Waals surface area (Å²) >= 11 is 11.8. The first-order valence-corrected chi connectivity index (χ1v) is 6.86. The molecule has 3 heteroatoms. The highest BCUT2D eigenvalue weighted by Crippen LogP contribution is 2.27. The Bertz CT molecular complexity index is 326. The summed E-state index contributed by atoms with van der Waals surface area (Å²) < 4.78 is 5.60. The van der Waals surface area contributed by atoms with Crippen LogP contribution in [0.1, 0.15) is 38.5 Å². The molecule has 0 amide bonds. The fourth-order valence-corrected chi connectivity index (χ4v) is 2.05. The molecular formula is C14H19Cl2O. The van der Waals surface area contributed by atoms with Gasteiger partial charge >= 0.3 is 0 Å². The van der Waals surface area contributed by atoms with Crippen LogP contribution in [0.25, 0.3) is 0 Å². The van der Waals surface area contributed by atoms with Crippen molar-refractivity contribution in [1.82, 2.24) is 0 Å². The molecule has 0 atom stereocenters. The van der Waals surface area contributed by atoms with Crippen molar-refractivity contribution in [2.24, 2.45) is 0 Å². The lowest BCUT2D eigenvalue weighted by Gasteiger charge is -2.08. The Morgan fingerprint density at radius 2 is 1.71 bits per heavy atom. The van der Waals surface area contributed by atoms with E-state index in [1.165, 1.54) is 25.7 Å². The Morgan fingerprint density at radius 1 is 1.00 bits per heavy atom. The van der Waals surface area contributed by atoms with Gasteiger partial charge in [0.2, 0.25) is 0 Å². The summed E-state index contributed by atoms with van der Waals surface area (Å²) in [6.45, 7) is 4.54. The molecule has 17 heavy (non-hydrogen) atoms. The van der Waals surface area contributed by atoms with Crippen LogP contribution in [0.15, 0.2) is 18.2 Å². The molecule has 1 rings (SSSR count). The zero-order chi connectivity index (χ0) is 12.5. The largest absolute Gasteiger partial charge is 0.492 e. The van der Waals surface area contributed by atoms with Crippen LogP contribution in [0.3, 0.4) is 0 Å². The average molecular weight is 274 g/mol. The van der Waals surface area contributed by atoms with E-state index in [4.69, 9.17) is 27.9 Å². The minimum absolute atomic E-state index is 0.578. The highest BCUT2D eigenvalue weighted by molar-refractivity contribution is 6.35. The first-order valence-electron chi connectivity index (χ1n) is 6.11. The Morgan fingerprint density at radius 3 is 2.41 bits per heavy atom. The molecule has 0 spiro atoms. The van der Waals surface area contributed by atoms with Gasteiger partial charge in [-0.15, -0.1) is 0 Å². The van der Waals surface area contributed by atoms with Gasteiger partial charge in [-0.25, -0.2) is 0 Å². The lowest BCUT2D eigenvalue weighted by atomic mass is 10.1. The number of halogens is 2. The van der Waals surface area contributed by atoms with Crippen molar-refractivity contribution in [2.45, 2.75) is 38.5 Å². The maximum atomic E-state index is 5.99. The zero-order valence-electron chi connectivity index (χ0n) is 10.1. The second kappa shape index (κ2) is 8.66. The lowest BCUT2D eigenvalue weighted by molar-refractivity contribution is 0.304. The van der Waals surface area contributed by atoms with E-state index in [1.54, 1.807) is 12.1 Å². The first-order chi connectivity index (χ1) is 8.24. The minimum Gasteiger partial charge on any atom is -0.492 e. The number of hydrogen-bond donors (Lipinski definition) is 0. The molecule has 1 aromatic carbocycles. The predicted molar refractivity (Wildman–Crippen MR) is 75.0 cm³/mol. The van der Waals surface area contributed by atoms with Gasteiger partial charge in [0.1, 0.15) is 5.75 Å². The van der Waals surface area contributed by atoms with Crippen molar-refractivity contribution in [3.8, 4) is 5.75 Å². The molecule has 1 nitrogen and oxygen atoms in total. The monoisotopic (exact) mass is 273 g/mol. The number of unbranched alkanes of at least 4 members (excludes halogenated alkanes) is 5. The molecule has 1 radical (unpaired) electrons. The van der Waals surface area contributed by atoms with Crippen molar-refractivity contribution in [3.05, 3.63) is 35.2 Å². The van der Waals surface area contributed by atoms with E-state index >= 15 is 0 Å². The molecule has 0 saturated carbocycles. The Balaban J connectivity index is 2.14. The van der Waals surface area contributed by atoms with E-state index in [-0.39, 0.29) is 0 Å². The molecule has 0 fully saturated rings. The summed E-state index contributed by atoms with van der Waals surface area (Å²) in [5.74, 6) is 0.717. The van der Waals surface area contributed by atoms with Crippen molar-refractivity contribution >= 4 is 23.2 Å². The van der Waals surface area contributed by atoms with E-state index in [9.17, 15) is 0 Å². The molecule has 0 aliphatic rings. The third-order valence-corrected chi connectivity index (χ3v) is 3.08. The van der Waals surface area contributed by atoms with Crippen molar-refractivity contribution < 1.29 is 4.74 Å². The van der Waals surface area contributed by atoms with Gasteiger partial charge in [0.25, 0.3) is 0 Å². The normalized spacial score (nSPS) is 10.5. The molecule has 95 valence electrons. The van der Waals surface area contributed by atoms with E-state index in [1.807, 2.05) is 6.07 Å². The quantitative estimate of drug-likeness (QED) is 0.565. The highest BCUT2D eigenvalue weighted by Gasteiger charge is 2.01. The molecule has 0 N–H and O–H groups in total.